The molecule has 0 aliphatic carbocycles. The van der Waals surface area contributed by atoms with Gasteiger partial charge in [0.05, 0.1) is 18.1 Å². The Morgan fingerprint density at radius 1 is 1.03 bits per heavy atom. The lowest BCUT2D eigenvalue weighted by Crippen LogP contribution is -2.37. The smallest absolute Gasteiger partial charge is 0.331 e. The van der Waals surface area contributed by atoms with Crippen LogP contribution < -0.4 is 9.47 Å². The summed E-state index contributed by atoms with van der Waals surface area (Å²) in [5.74, 6) is -0.397. The molecule has 0 saturated carbocycles. The van der Waals surface area contributed by atoms with Crippen LogP contribution in [0.3, 0.4) is 0 Å². The third-order valence-corrected chi connectivity index (χ3v) is 6.82. The van der Waals surface area contributed by atoms with Gasteiger partial charge in [0.2, 0.25) is 0 Å². The first-order valence-corrected chi connectivity index (χ1v) is 12.7. The number of thiocarbonyl (C=S) groups is 1. The molecule has 0 aromatic heterocycles. The van der Waals surface area contributed by atoms with E-state index in [1.165, 1.54) is 5.56 Å². The molecule has 1 aliphatic heterocycles. The molecule has 1 aliphatic rings. The third-order valence-electron chi connectivity index (χ3n) is 5.49. The molecule has 1 amide bonds. The standard InChI is InChI=1S/C28H25NO5S2/c1-2-33-23-17-20(13-14-22(23)34-16-15-19-9-5-3-6-10-19)18-24-26(30)29(28(35)36-24)25(27(31)32)21-11-7-4-8-12-21/h3-14,17-18,25H,2,15-16H2,1H3,(H,31,32)/b24-18-. The van der Waals surface area contributed by atoms with E-state index in [4.69, 9.17) is 21.7 Å². The molecule has 1 saturated heterocycles. The van der Waals surface area contributed by atoms with E-state index < -0.39 is 17.9 Å². The van der Waals surface area contributed by atoms with Crippen molar-refractivity contribution in [2.45, 2.75) is 19.4 Å². The van der Waals surface area contributed by atoms with Gasteiger partial charge in [0.15, 0.2) is 17.5 Å². The second-order valence-electron chi connectivity index (χ2n) is 7.93. The Kier molecular flexibility index (Phi) is 8.40. The summed E-state index contributed by atoms with van der Waals surface area (Å²) < 4.78 is 12.0. The zero-order valence-electron chi connectivity index (χ0n) is 19.6. The van der Waals surface area contributed by atoms with E-state index in [0.29, 0.717) is 35.2 Å². The van der Waals surface area contributed by atoms with E-state index in [9.17, 15) is 14.7 Å². The molecule has 184 valence electrons. The Labute approximate surface area is 219 Å². The molecule has 8 heteroatoms. The molecule has 1 unspecified atom stereocenters. The van der Waals surface area contributed by atoms with Crippen LogP contribution in [0.2, 0.25) is 0 Å². The van der Waals surface area contributed by atoms with Gasteiger partial charge in [-0.05, 0) is 41.8 Å². The van der Waals surface area contributed by atoms with Crippen LogP contribution in [0.25, 0.3) is 6.08 Å². The Hall–Kier alpha value is -3.62. The van der Waals surface area contributed by atoms with Crippen molar-refractivity contribution in [2.75, 3.05) is 13.2 Å². The van der Waals surface area contributed by atoms with E-state index in [-0.39, 0.29) is 4.32 Å². The van der Waals surface area contributed by atoms with Crippen LogP contribution in [-0.4, -0.2) is 39.4 Å². The maximum Gasteiger partial charge on any atom is 0.331 e. The normalized spacial score (nSPS) is 15.2. The molecule has 0 bridgehead atoms. The zero-order chi connectivity index (χ0) is 25.5. The summed E-state index contributed by atoms with van der Waals surface area (Å²) in [6.45, 7) is 2.84. The molecule has 0 spiro atoms. The van der Waals surface area contributed by atoms with Crippen molar-refractivity contribution in [3.63, 3.8) is 0 Å². The Bertz CT molecular complexity index is 1280. The van der Waals surface area contributed by atoms with Gasteiger partial charge in [-0.3, -0.25) is 9.69 Å². The van der Waals surface area contributed by atoms with Gasteiger partial charge in [-0.1, -0.05) is 90.7 Å². The second kappa shape index (κ2) is 11.9. The number of carbonyl (C=O) groups excluding carboxylic acids is 1. The number of carboxylic acids is 1. The number of amides is 1. The highest BCUT2D eigenvalue weighted by Crippen LogP contribution is 2.39. The average molecular weight is 520 g/mol. The van der Waals surface area contributed by atoms with Crippen LogP contribution >= 0.6 is 24.0 Å². The van der Waals surface area contributed by atoms with Crippen LogP contribution in [0.15, 0.2) is 83.8 Å². The van der Waals surface area contributed by atoms with Gasteiger partial charge < -0.3 is 14.6 Å². The van der Waals surface area contributed by atoms with Crippen LogP contribution in [0.5, 0.6) is 11.5 Å². The van der Waals surface area contributed by atoms with Crippen molar-refractivity contribution in [3.05, 3.63) is 100 Å². The molecule has 1 heterocycles. The number of aliphatic carboxylic acids is 1. The first-order chi connectivity index (χ1) is 17.5. The van der Waals surface area contributed by atoms with Crippen LogP contribution in [0.1, 0.15) is 29.7 Å². The summed E-state index contributed by atoms with van der Waals surface area (Å²) in [6.07, 6.45) is 2.46. The average Bonchev–Trinajstić information content (AvgIpc) is 3.14. The summed E-state index contributed by atoms with van der Waals surface area (Å²) in [4.78, 5) is 26.8. The molecule has 1 N–H and O–H groups in total. The number of thioether (sulfide) groups is 1. The van der Waals surface area contributed by atoms with Gasteiger partial charge in [0, 0.05) is 6.42 Å². The fourth-order valence-corrected chi connectivity index (χ4v) is 5.13. The Balaban J connectivity index is 1.53. The summed E-state index contributed by atoms with van der Waals surface area (Å²) in [5, 5.41) is 9.86. The van der Waals surface area contributed by atoms with Crippen molar-refractivity contribution < 1.29 is 24.2 Å². The lowest BCUT2D eigenvalue weighted by molar-refractivity contribution is -0.145. The Morgan fingerprint density at radius 3 is 2.39 bits per heavy atom. The fourth-order valence-electron chi connectivity index (χ4n) is 3.82. The van der Waals surface area contributed by atoms with Gasteiger partial charge in [-0.2, -0.15) is 0 Å². The van der Waals surface area contributed by atoms with Crippen molar-refractivity contribution in [1.29, 1.82) is 0 Å². The van der Waals surface area contributed by atoms with Gasteiger partial charge in [-0.15, -0.1) is 0 Å². The van der Waals surface area contributed by atoms with Crippen LogP contribution in [0, 0.1) is 0 Å². The number of ether oxygens (including phenoxy) is 2. The van der Waals surface area contributed by atoms with Gasteiger partial charge in [0.25, 0.3) is 5.91 Å². The highest BCUT2D eigenvalue weighted by Gasteiger charge is 2.41. The molecular formula is C28H25NO5S2. The Morgan fingerprint density at radius 2 is 1.72 bits per heavy atom. The van der Waals surface area contributed by atoms with Crippen molar-refractivity contribution in [3.8, 4) is 11.5 Å². The van der Waals surface area contributed by atoms with Gasteiger partial charge in [0.1, 0.15) is 4.32 Å². The fraction of sp³-hybridized carbons (Fsp3) is 0.179. The molecule has 3 aromatic rings. The number of nitrogens with zero attached hydrogens (tertiary/aromatic N) is 1. The quantitative estimate of drug-likeness (QED) is 0.271. The first-order valence-electron chi connectivity index (χ1n) is 11.5. The molecule has 1 fully saturated rings. The number of carboxylic acid groups (broad SMARTS) is 1. The van der Waals surface area contributed by atoms with E-state index in [1.807, 2.05) is 37.3 Å². The van der Waals surface area contributed by atoms with Gasteiger partial charge in [-0.25, -0.2) is 4.79 Å². The molecule has 6 nitrogen and oxygen atoms in total. The highest BCUT2D eigenvalue weighted by atomic mass is 32.2. The minimum absolute atomic E-state index is 0.202. The van der Waals surface area contributed by atoms with Crippen LogP contribution in [-0.2, 0) is 16.0 Å². The lowest BCUT2D eigenvalue weighted by atomic mass is 10.1. The zero-order valence-corrected chi connectivity index (χ0v) is 21.3. The molecule has 3 aromatic carbocycles. The second-order valence-corrected chi connectivity index (χ2v) is 9.60. The summed E-state index contributed by atoms with van der Waals surface area (Å²) in [5.41, 5.74) is 2.39. The predicted octanol–water partition coefficient (Wildman–Crippen LogP) is 5.73. The minimum atomic E-state index is -1.19. The maximum atomic E-state index is 13.2. The summed E-state index contributed by atoms with van der Waals surface area (Å²) >= 11 is 6.49. The number of rotatable bonds is 10. The van der Waals surface area contributed by atoms with Crippen molar-refractivity contribution in [2.24, 2.45) is 0 Å². The maximum absolute atomic E-state index is 13.2. The predicted molar refractivity (Wildman–Crippen MR) is 145 cm³/mol. The first kappa shape index (κ1) is 25.5. The van der Waals surface area contributed by atoms with E-state index in [1.54, 1.807) is 42.5 Å². The number of benzene rings is 3. The highest BCUT2D eigenvalue weighted by molar-refractivity contribution is 8.26. The lowest BCUT2D eigenvalue weighted by Gasteiger charge is -2.23. The van der Waals surface area contributed by atoms with Crippen molar-refractivity contribution in [1.82, 2.24) is 4.90 Å². The van der Waals surface area contributed by atoms with Gasteiger partial charge >= 0.3 is 5.97 Å². The monoisotopic (exact) mass is 519 g/mol. The van der Waals surface area contributed by atoms with E-state index in [2.05, 4.69) is 12.1 Å². The topological polar surface area (TPSA) is 76.1 Å². The van der Waals surface area contributed by atoms with E-state index in [0.717, 1.165) is 28.6 Å². The SMILES string of the molecule is CCOc1cc(/C=C2\SC(=S)N(C(C(=O)O)c3ccccc3)C2=O)ccc1OCCc1ccccc1. The third kappa shape index (κ3) is 5.95. The van der Waals surface area contributed by atoms with E-state index >= 15 is 0 Å². The number of carbonyl (C=O) groups is 2. The van der Waals surface area contributed by atoms with Crippen molar-refractivity contribution >= 4 is 46.3 Å². The molecule has 1 atom stereocenters. The molecule has 36 heavy (non-hydrogen) atoms. The van der Waals surface area contributed by atoms with Crippen LogP contribution in [0.4, 0.5) is 0 Å². The molecule has 0 radical (unpaired) electrons. The minimum Gasteiger partial charge on any atom is -0.490 e. The number of hydrogen-bond acceptors (Lipinski definition) is 6. The number of hydrogen-bond donors (Lipinski definition) is 1. The largest absolute Gasteiger partial charge is 0.490 e. The molecule has 4 rings (SSSR count). The summed E-state index contributed by atoms with van der Waals surface area (Å²) in [6, 6.07) is 22.9. The molecular weight excluding hydrogens is 494 g/mol. The summed E-state index contributed by atoms with van der Waals surface area (Å²) in [7, 11) is 0.